The van der Waals surface area contributed by atoms with Gasteiger partial charge in [-0.3, -0.25) is 4.79 Å². The van der Waals surface area contributed by atoms with E-state index in [1.54, 1.807) is 19.1 Å². The first-order chi connectivity index (χ1) is 16.3. The molecule has 0 aliphatic carbocycles. The van der Waals surface area contributed by atoms with Gasteiger partial charge in [0.25, 0.3) is 0 Å². The van der Waals surface area contributed by atoms with Gasteiger partial charge in [0.2, 0.25) is 0 Å². The molecule has 1 unspecified atom stereocenters. The minimum absolute atomic E-state index is 0.0318. The van der Waals surface area contributed by atoms with Gasteiger partial charge in [0.1, 0.15) is 24.2 Å². The van der Waals surface area contributed by atoms with E-state index in [1.807, 2.05) is 4.90 Å². The summed E-state index contributed by atoms with van der Waals surface area (Å²) in [5, 5.41) is 3.91. The number of carbonyl (C=O) groups excluding carboxylic acids is 1. The van der Waals surface area contributed by atoms with Gasteiger partial charge in [-0.2, -0.15) is 0 Å². The maximum atomic E-state index is 14.3. The van der Waals surface area contributed by atoms with Crippen LogP contribution in [0, 0.1) is 11.6 Å². The molecule has 7 nitrogen and oxygen atoms in total. The molecule has 1 aliphatic rings. The number of rotatable bonds is 8. The molecular formula is C23H25ClF2N2O5S. The van der Waals surface area contributed by atoms with Crippen molar-refractivity contribution in [3.05, 3.63) is 46.5 Å². The third-order valence-corrected chi connectivity index (χ3v) is 5.85. The molecule has 11 heteroatoms. The average molecular weight is 515 g/mol. The average Bonchev–Trinajstić information content (AvgIpc) is 2.83. The van der Waals surface area contributed by atoms with Crippen LogP contribution >= 0.6 is 23.8 Å². The van der Waals surface area contributed by atoms with E-state index in [1.165, 1.54) is 14.2 Å². The molecule has 1 fully saturated rings. The van der Waals surface area contributed by atoms with Crippen molar-refractivity contribution in [2.24, 2.45) is 0 Å². The van der Waals surface area contributed by atoms with Crippen molar-refractivity contribution in [1.29, 1.82) is 0 Å². The summed E-state index contributed by atoms with van der Waals surface area (Å²) >= 11 is 11.7. The first-order valence-electron chi connectivity index (χ1n) is 10.5. The lowest BCUT2D eigenvalue weighted by Gasteiger charge is -2.34. The minimum atomic E-state index is -0.939. The van der Waals surface area contributed by atoms with Crippen molar-refractivity contribution >= 4 is 40.4 Å². The summed E-state index contributed by atoms with van der Waals surface area (Å²) in [7, 11) is 3.01. The number of halogens is 3. The van der Waals surface area contributed by atoms with E-state index in [0.29, 0.717) is 47.0 Å². The van der Waals surface area contributed by atoms with Crippen LogP contribution < -0.4 is 19.5 Å². The molecule has 1 saturated heterocycles. The number of methoxy groups -OCH3 is 2. The number of ketones is 1. The van der Waals surface area contributed by atoms with Crippen LogP contribution in [0.2, 0.25) is 5.02 Å². The molecule has 0 bridgehead atoms. The van der Waals surface area contributed by atoms with Gasteiger partial charge < -0.3 is 29.2 Å². The Balaban J connectivity index is 1.64. The Bertz CT molecular complexity index is 1050. The Morgan fingerprint density at radius 1 is 1.21 bits per heavy atom. The molecule has 1 N–H and O–H groups in total. The molecule has 1 aliphatic heterocycles. The number of nitrogens with zero attached hydrogens (tertiary/aromatic N) is 1. The Labute approximate surface area is 206 Å². The molecule has 34 heavy (non-hydrogen) atoms. The molecule has 2 aromatic carbocycles. The number of nitrogens with one attached hydrogen (secondary N) is 1. The highest BCUT2D eigenvalue weighted by Gasteiger charge is 2.25. The lowest BCUT2D eigenvalue weighted by atomic mass is 10.1. The summed E-state index contributed by atoms with van der Waals surface area (Å²) < 4.78 is 50.3. The molecule has 3 rings (SSSR count). The van der Waals surface area contributed by atoms with Crippen molar-refractivity contribution < 1.29 is 32.5 Å². The zero-order valence-electron chi connectivity index (χ0n) is 19.0. The summed E-state index contributed by atoms with van der Waals surface area (Å²) in [6.07, 6.45) is -0.348. The van der Waals surface area contributed by atoms with Crippen molar-refractivity contribution in [2.45, 2.75) is 19.4 Å². The Morgan fingerprint density at radius 2 is 1.88 bits per heavy atom. The van der Waals surface area contributed by atoms with Crippen LogP contribution in [-0.4, -0.2) is 62.4 Å². The van der Waals surface area contributed by atoms with Crippen LogP contribution in [0.4, 0.5) is 14.5 Å². The van der Waals surface area contributed by atoms with Gasteiger partial charge in [-0.1, -0.05) is 18.5 Å². The first-order valence-corrected chi connectivity index (χ1v) is 11.3. The summed E-state index contributed by atoms with van der Waals surface area (Å²) in [4.78, 5) is 13.6. The van der Waals surface area contributed by atoms with E-state index in [4.69, 9.17) is 42.8 Å². The van der Waals surface area contributed by atoms with Crippen molar-refractivity contribution in [2.75, 3.05) is 45.8 Å². The highest BCUT2D eigenvalue weighted by Crippen LogP contribution is 2.36. The van der Waals surface area contributed by atoms with Crippen molar-refractivity contribution in [1.82, 2.24) is 4.90 Å². The third-order valence-electron chi connectivity index (χ3n) is 5.20. The van der Waals surface area contributed by atoms with Gasteiger partial charge in [0, 0.05) is 37.2 Å². The zero-order chi connectivity index (χ0) is 24.8. The van der Waals surface area contributed by atoms with Gasteiger partial charge in [-0.15, -0.1) is 0 Å². The molecule has 1 heterocycles. The lowest BCUT2D eigenvalue weighted by Crippen LogP contribution is -2.49. The molecule has 0 aromatic heterocycles. The number of hydrogen-bond donors (Lipinski definition) is 1. The minimum Gasteiger partial charge on any atom is -0.495 e. The fraction of sp³-hybridized carbons (Fsp3) is 0.391. The number of carbonyl (C=O) groups is 1. The van der Waals surface area contributed by atoms with Gasteiger partial charge in [0.05, 0.1) is 31.5 Å². The van der Waals surface area contributed by atoms with E-state index in [2.05, 4.69) is 5.32 Å². The largest absolute Gasteiger partial charge is 0.495 e. The molecular weight excluding hydrogens is 490 g/mol. The monoisotopic (exact) mass is 514 g/mol. The highest BCUT2D eigenvalue weighted by atomic mass is 35.5. The second-order valence-corrected chi connectivity index (χ2v) is 8.21. The second-order valence-electron chi connectivity index (χ2n) is 7.41. The predicted molar refractivity (Wildman–Crippen MR) is 129 cm³/mol. The van der Waals surface area contributed by atoms with Crippen LogP contribution in [0.3, 0.4) is 0 Å². The normalized spacial score (nSPS) is 15.6. The van der Waals surface area contributed by atoms with Crippen LogP contribution in [0.25, 0.3) is 0 Å². The molecule has 2 aromatic rings. The van der Waals surface area contributed by atoms with Crippen LogP contribution in [-0.2, 0) is 4.74 Å². The number of hydrogen-bond acceptors (Lipinski definition) is 6. The Morgan fingerprint density at radius 3 is 2.50 bits per heavy atom. The molecule has 0 radical (unpaired) electrons. The maximum Gasteiger partial charge on any atom is 0.190 e. The van der Waals surface area contributed by atoms with E-state index < -0.39 is 23.5 Å². The van der Waals surface area contributed by atoms with Crippen molar-refractivity contribution in [3.63, 3.8) is 0 Å². The molecule has 184 valence electrons. The first kappa shape index (κ1) is 25.9. The zero-order valence-corrected chi connectivity index (χ0v) is 20.5. The smallest absolute Gasteiger partial charge is 0.190 e. The van der Waals surface area contributed by atoms with Crippen LogP contribution in [0.1, 0.15) is 23.7 Å². The fourth-order valence-corrected chi connectivity index (χ4v) is 3.90. The molecule has 1 atom stereocenters. The van der Waals surface area contributed by atoms with Crippen LogP contribution in [0.15, 0.2) is 24.3 Å². The number of morpholine rings is 1. The number of anilines is 1. The second kappa shape index (κ2) is 11.6. The van der Waals surface area contributed by atoms with Gasteiger partial charge in [-0.05, 0) is 24.4 Å². The van der Waals surface area contributed by atoms with Gasteiger partial charge >= 0.3 is 0 Å². The molecule has 0 saturated carbocycles. The van der Waals surface area contributed by atoms with E-state index in [0.717, 1.165) is 12.1 Å². The third kappa shape index (κ3) is 6.05. The fourth-order valence-electron chi connectivity index (χ4n) is 3.40. The Kier molecular flexibility index (Phi) is 8.87. The van der Waals surface area contributed by atoms with E-state index in [9.17, 15) is 13.6 Å². The standard InChI is InChI=1S/C23H25ClF2N2O5S/c1-4-19(29)13-7-16(25)22(17(26)8-13)33-12-14-11-28(5-6-32-14)23(34)27-18-10-20(30-2)15(24)9-21(18)31-3/h7-10,14H,4-6,11-12H2,1-3H3,(H,27,34). The van der Waals surface area contributed by atoms with Gasteiger partial charge in [0.15, 0.2) is 28.3 Å². The number of ether oxygens (including phenoxy) is 4. The quantitative estimate of drug-likeness (QED) is 0.401. The number of benzene rings is 2. The van der Waals surface area contributed by atoms with Crippen molar-refractivity contribution in [3.8, 4) is 17.2 Å². The molecule has 0 spiro atoms. The predicted octanol–water partition coefficient (Wildman–Crippen LogP) is 4.70. The highest BCUT2D eigenvalue weighted by molar-refractivity contribution is 7.80. The number of Topliss-reactive ketones (excluding diaryl/α,β-unsaturated/α-hetero) is 1. The van der Waals surface area contributed by atoms with Crippen LogP contribution in [0.5, 0.6) is 17.2 Å². The Hall–Kier alpha value is -2.69. The SMILES string of the molecule is CCC(=O)c1cc(F)c(OCC2CN(C(=S)Nc3cc(OC)c(Cl)cc3OC)CCO2)c(F)c1. The summed E-state index contributed by atoms with van der Waals surface area (Å²) in [5.41, 5.74) is 0.537. The summed E-state index contributed by atoms with van der Waals surface area (Å²) in [6, 6.07) is 5.24. The van der Waals surface area contributed by atoms with E-state index >= 15 is 0 Å². The molecule has 0 amide bonds. The maximum absolute atomic E-state index is 14.3. The van der Waals surface area contributed by atoms with Gasteiger partial charge in [-0.25, -0.2) is 8.78 Å². The summed E-state index contributed by atoms with van der Waals surface area (Å²) in [6.45, 7) is 2.69. The number of thiocarbonyl (C=S) groups is 1. The van der Waals surface area contributed by atoms with E-state index in [-0.39, 0.29) is 24.4 Å². The summed E-state index contributed by atoms with van der Waals surface area (Å²) in [5.74, 6) is -1.84. The topological polar surface area (TPSA) is 69.3 Å². The lowest BCUT2D eigenvalue weighted by molar-refractivity contribution is -0.0291.